The van der Waals surface area contributed by atoms with Crippen LogP contribution in [0.4, 0.5) is 0 Å². The average Bonchev–Trinajstić information content (AvgIpc) is 2.97. The van der Waals surface area contributed by atoms with Crippen LogP contribution < -0.4 is 10.5 Å². The van der Waals surface area contributed by atoms with Crippen LogP contribution in [-0.4, -0.2) is 44.1 Å². The Labute approximate surface area is 139 Å². The lowest BCUT2D eigenvalue weighted by molar-refractivity contribution is 0.0706. The number of carbonyl (C=O) groups is 2. The first-order chi connectivity index (χ1) is 11.5. The second-order valence-corrected chi connectivity index (χ2v) is 5.87. The summed E-state index contributed by atoms with van der Waals surface area (Å²) in [6.45, 7) is 5.10. The Hall–Kier alpha value is -2.90. The van der Waals surface area contributed by atoms with Crippen molar-refractivity contribution >= 4 is 11.8 Å². The molecule has 0 bridgehead atoms. The number of primary amides is 1. The predicted molar refractivity (Wildman–Crippen MR) is 85.5 cm³/mol. The van der Waals surface area contributed by atoms with Gasteiger partial charge in [0.2, 0.25) is 5.82 Å². The van der Waals surface area contributed by atoms with Crippen molar-refractivity contribution in [2.45, 2.75) is 33.0 Å². The zero-order valence-electron chi connectivity index (χ0n) is 13.6. The largest absolute Gasteiger partial charge is 0.491 e. The number of hydrogen-bond donors (Lipinski definition) is 1. The molecule has 126 valence electrons. The van der Waals surface area contributed by atoms with Gasteiger partial charge >= 0.3 is 0 Å². The summed E-state index contributed by atoms with van der Waals surface area (Å²) in [6.07, 6.45) is 0.0828. The maximum Gasteiger partial charge on any atom is 0.286 e. The fourth-order valence-corrected chi connectivity index (χ4v) is 2.64. The minimum Gasteiger partial charge on any atom is -0.491 e. The third kappa shape index (κ3) is 3.08. The van der Waals surface area contributed by atoms with Gasteiger partial charge in [-0.25, -0.2) is 0 Å². The highest BCUT2D eigenvalue weighted by Crippen LogP contribution is 2.18. The van der Waals surface area contributed by atoms with E-state index in [-0.39, 0.29) is 17.8 Å². The molecule has 0 saturated carbocycles. The van der Waals surface area contributed by atoms with Gasteiger partial charge in [0.1, 0.15) is 5.75 Å². The molecule has 0 radical (unpaired) electrons. The number of hydrogen-bond acceptors (Lipinski definition) is 5. The first-order valence-corrected chi connectivity index (χ1v) is 7.73. The van der Waals surface area contributed by atoms with Crippen LogP contribution in [0.1, 0.15) is 40.6 Å². The maximum atomic E-state index is 12.6. The van der Waals surface area contributed by atoms with Crippen LogP contribution in [0.2, 0.25) is 0 Å². The zero-order chi connectivity index (χ0) is 17.3. The molecule has 1 aliphatic heterocycles. The van der Waals surface area contributed by atoms with E-state index in [1.165, 1.54) is 0 Å². The van der Waals surface area contributed by atoms with Gasteiger partial charge in [-0.1, -0.05) is 0 Å². The third-order valence-electron chi connectivity index (χ3n) is 3.73. The quantitative estimate of drug-likeness (QED) is 0.894. The summed E-state index contributed by atoms with van der Waals surface area (Å²) in [5.41, 5.74) is 5.84. The van der Waals surface area contributed by atoms with Crippen LogP contribution >= 0.6 is 0 Å². The van der Waals surface area contributed by atoms with Crippen LogP contribution in [0.25, 0.3) is 0 Å². The van der Waals surface area contributed by atoms with E-state index in [1.54, 1.807) is 33.7 Å². The first kappa shape index (κ1) is 16.0. The standard InChI is InChI=1S/C16H19N5O3/c1-10(2)24-12-5-3-11(4-6-12)16(23)20-7-8-21-13(9-20)18-19-15(21)14(17)22/h3-6,10H,7-9H2,1-2H3,(H2,17,22). The SMILES string of the molecule is CC(C)Oc1ccc(C(=O)N2CCn3c(nnc3C(N)=O)C2)cc1. The molecule has 2 heterocycles. The van der Waals surface area contributed by atoms with Crippen molar-refractivity contribution in [3.05, 3.63) is 41.5 Å². The summed E-state index contributed by atoms with van der Waals surface area (Å²) in [6, 6.07) is 7.05. The van der Waals surface area contributed by atoms with Crippen molar-refractivity contribution in [3.8, 4) is 5.75 Å². The van der Waals surface area contributed by atoms with Crippen molar-refractivity contribution in [1.29, 1.82) is 0 Å². The van der Waals surface area contributed by atoms with Gasteiger partial charge in [-0.15, -0.1) is 10.2 Å². The number of nitrogens with zero attached hydrogens (tertiary/aromatic N) is 4. The molecule has 0 fully saturated rings. The normalized spacial score (nSPS) is 13.7. The first-order valence-electron chi connectivity index (χ1n) is 7.73. The second-order valence-electron chi connectivity index (χ2n) is 5.87. The number of aromatic nitrogens is 3. The number of fused-ring (bicyclic) bond motifs is 1. The molecular formula is C16H19N5O3. The number of ether oxygens (including phenoxy) is 1. The zero-order valence-corrected chi connectivity index (χ0v) is 13.6. The second kappa shape index (κ2) is 6.31. The molecule has 1 aliphatic rings. The Kier molecular flexibility index (Phi) is 4.20. The molecule has 1 aromatic carbocycles. The minimum atomic E-state index is -0.616. The Bertz CT molecular complexity index is 767. The molecule has 2 aromatic rings. The van der Waals surface area contributed by atoms with E-state index in [9.17, 15) is 9.59 Å². The van der Waals surface area contributed by atoms with E-state index in [4.69, 9.17) is 10.5 Å². The van der Waals surface area contributed by atoms with Crippen LogP contribution in [-0.2, 0) is 13.1 Å². The van der Waals surface area contributed by atoms with E-state index in [0.29, 0.717) is 31.0 Å². The van der Waals surface area contributed by atoms with Crippen LogP contribution in [0.5, 0.6) is 5.75 Å². The summed E-state index contributed by atoms with van der Waals surface area (Å²) < 4.78 is 7.23. The Balaban J connectivity index is 1.73. The molecule has 2 N–H and O–H groups in total. The van der Waals surface area contributed by atoms with Crippen molar-refractivity contribution in [2.24, 2.45) is 5.73 Å². The lowest BCUT2D eigenvalue weighted by Gasteiger charge is -2.27. The Morgan fingerprint density at radius 1 is 1.17 bits per heavy atom. The monoisotopic (exact) mass is 329 g/mol. The fraction of sp³-hybridized carbons (Fsp3) is 0.375. The van der Waals surface area contributed by atoms with Crippen LogP contribution in [0.15, 0.2) is 24.3 Å². The topological polar surface area (TPSA) is 103 Å². The van der Waals surface area contributed by atoms with Gasteiger partial charge in [-0.3, -0.25) is 9.59 Å². The maximum absolute atomic E-state index is 12.6. The molecule has 0 atom stereocenters. The lowest BCUT2D eigenvalue weighted by atomic mass is 10.1. The molecule has 1 aromatic heterocycles. The smallest absolute Gasteiger partial charge is 0.286 e. The molecule has 8 heteroatoms. The van der Waals surface area contributed by atoms with Gasteiger partial charge in [-0.2, -0.15) is 0 Å². The summed E-state index contributed by atoms with van der Waals surface area (Å²) in [5, 5.41) is 7.74. The molecule has 0 unspecified atom stereocenters. The predicted octanol–water partition coefficient (Wildman–Crippen LogP) is 0.820. The highest BCUT2D eigenvalue weighted by Gasteiger charge is 2.26. The van der Waals surface area contributed by atoms with Gasteiger partial charge < -0.3 is 19.9 Å². The number of carbonyl (C=O) groups excluding carboxylic acids is 2. The molecule has 0 spiro atoms. The number of amides is 2. The summed E-state index contributed by atoms with van der Waals surface area (Å²) in [7, 11) is 0. The van der Waals surface area contributed by atoms with Gasteiger partial charge in [0.25, 0.3) is 11.8 Å². The van der Waals surface area contributed by atoms with Crippen LogP contribution in [0.3, 0.4) is 0 Å². The highest BCUT2D eigenvalue weighted by molar-refractivity contribution is 5.94. The Morgan fingerprint density at radius 3 is 2.50 bits per heavy atom. The summed E-state index contributed by atoms with van der Waals surface area (Å²) in [4.78, 5) is 25.6. The van der Waals surface area contributed by atoms with Crippen molar-refractivity contribution in [1.82, 2.24) is 19.7 Å². The van der Waals surface area contributed by atoms with Gasteiger partial charge in [0.05, 0.1) is 12.6 Å². The van der Waals surface area contributed by atoms with Crippen LogP contribution in [0, 0.1) is 0 Å². The number of nitrogens with two attached hydrogens (primary N) is 1. The average molecular weight is 329 g/mol. The minimum absolute atomic E-state index is 0.0828. The van der Waals surface area contributed by atoms with Gasteiger partial charge in [0.15, 0.2) is 5.82 Å². The van der Waals surface area contributed by atoms with Crippen molar-refractivity contribution < 1.29 is 14.3 Å². The Morgan fingerprint density at radius 2 is 1.88 bits per heavy atom. The van der Waals surface area contributed by atoms with Crippen molar-refractivity contribution in [3.63, 3.8) is 0 Å². The summed E-state index contributed by atoms with van der Waals surface area (Å²) >= 11 is 0. The molecule has 24 heavy (non-hydrogen) atoms. The molecular weight excluding hydrogens is 310 g/mol. The lowest BCUT2D eigenvalue weighted by Crippen LogP contribution is -2.39. The van der Waals surface area contributed by atoms with Crippen molar-refractivity contribution in [2.75, 3.05) is 6.54 Å². The van der Waals surface area contributed by atoms with E-state index in [2.05, 4.69) is 10.2 Å². The molecule has 2 amide bonds. The van der Waals surface area contributed by atoms with E-state index in [1.807, 2.05) is 13.8 Å². The van der Waals surface area contributed by atoms with E-state index >= 15 is 0 Å². The highest BCUT2D eigenvalue weighted by atomic mass is 16.5. The molecule has 0 aliphatic carbocycles. The molecule has 3 rings (SSSR count). The fourth-order valence-electron chi connectivity index (χ4n) is 2.64. The van der Waals surface area contributed by atoms with Gasteiger partial charge in [0, 0.05) is 18.7 Å². The molecule has 8 nitrogen and oxygen atoms in total. The summed E-state index contributed by atoms with van der Waals surface area (Å²) in [5.74, 6) is 0.705. The van der Waals surface area contributed by atoms with E-state index < -0.39 is 5.91 Å². The number of benzene rings is 1. The third-order valence-corrected chi connectivity index (χ3v) is 3.73. The number of rotatable bonds is 4. The molecule has 0 saturated heterocycles. The van der Waals surface area contributed by atoms with Gasteiger partial charge in [-0.05, 0) is 38.1 Å². The van der Waals surface area contributed by atoms with E-state index in [0.717, 1.165) is 5.75 Å².